The number of rotatable bonds is 6. The zero-order chi connectivity index (χ0) is 29.7. The summed E-state index contributed by atoms with van der Waals surface area (Å²) in [6.45, 7) is 2.68. The fourth-order valence-electron chi connectivity index (χ4n) is 5.77. The Kier molecular flexibility index (Phi) is 11.7. The van der Waals surface area contributed by atoms with Crippen LogP contribution in [0.3, 0.4) is 0 Å². The molecule has 5 rings (SSSR count). The standard InChI is InChI=1S/C27H34ClN3O6S.CH3FS/c1-13(28)19(25-22(33)21(32)23(34)27(37-25)38-2)31-26(35)20-24-16(12-30-20)10-14(7-9-36-24)17-5-3-4-15-11-29-8-6-18(15)17;1-3-2/h3-8,11,13,16,19-25,27,30,32-34H,9-10,12H2,1-2H3,(H,31,35);1H3/t13-,16-,19+,20-,21+,22?,23+,24+,25+,27?;/m0./s1. The van der Waals surface area contributed by atoms with Crippen LogP contribution in [0.2, 0.25) is 0 Å². The highest BCUT2D eigenvalue weighted by Crippen LogP contribution is 2.36. The minimum Gasteiger partial charge on any atom is -0.388 e. The molecular weight excluding hydrogens is 593 g/mol. The average Bonchev–Trinajstić information content (AvgIpc) is 3.25. The number of thioether (sulfide) groups is 1. The van der Waals surface area contributed by atoms with Gasteiger partial charge in [-0.2, -0.15) is 3.89 Å². The molecule has 0 saturated carbocycles. The highest BCUT2D eigenvalue weighted by Gasteiger charge is 2.49. The van der Waals surface area contributed by atoms with Gasteiger partial charge in [0.2, 0.25) is 5.91 Å². The smallest absolute Gasteiger partial charge is 0.240 e. The molecule has 2 fully saturated rings. The van der Waals surface area contributed by atoms with Crippen LogP contribution in [0.4, 0.5) is 3.89 Å². The van der Waals surface area contributed by atoms with Gasteiger partial charge in [-0.25, -0.2) is 0 Å². The predicted molar refractivity (Wildman–Crippen MR) is 161 cm³/mol. The third-order valence-corrected chi connectivity index (χ3v) is 8.93. The van der Waals surface area contributed by atoms with Crippen molar-refractivity contribution in [2.24, 2.45) is 5.92 Å². The van der Waals surface area contributed by atoms with E-state index in [4.69, 9.17) is 21.1 Å². The van der Waals surface area contributed by atoms with E-state index in [9.17, 15) is 24.0 Å². The number of fused-ring (bicyclic) bond motifs is 2. The van der Waals surface area contributed by atoms with Gasteiger partial charge in [-0.1, -0.05) is 24.3 Å². The fourth-order valence-corrected chi connectivity index (χ4v) is 6.66. The van der Waals surface area contributed by atoms with Crippen LogP contribution in [0, 0.1) is 5.92 Å². The molecule has 5 N–H and O–H groups in total. The minimum absolute atomic E-state index is 0.0813. The molecule has 9 nitrogen and oxygen atoms in total. The number of allylic oxidation sites excluding steroid dienone is 1. The minimum atomic E-state index is -1.42. The highest BCUT2D eigenvalue weighted by atomic mass is 35.5. The van der Waals surface area contributed by atoms with E-state index in [0.29, 0.717) is 13.2 Å². The van der Waals surface area contributed by atoms with Gasteiger partial charge in [0.25, 0.3) is 0 Å². The number of carbonyl (C=O) groups excluding carboxylic acids is 1. The Morgan fingerprint density at radius 2 is 1.98 bits per heavy atom. The number of aromatic nitrogens is 1. The van der Waals surface area contributed by atoms with Crippen molar-refractivity contribution in [2.75, 3.05) is 25.7 Å². The lowest BCUT2D eigenvalue weighted by molar-refractivity contribution is -0.205. The van der Waals surface area contributed by atoms with E-state index in [1.165, 1.54) is 23.6 Å². The van der Waals surface area contributed by atoms with Crippen LogP contribution in [0.25, 0.3) is 16.3 Å². The van der Waals surface area contributed by atoms with Gasteiger partial charge < -0.3 is 35.4 Å². The fraction of sp³-hybridized carbons (Fsp3) is 0.571. The van der Waals surface area contributed by atoms with Crippen LogP contribution in [0.1, 0.15) is 18.9 Å². The van der Waals surface area contributed by atoms with E-state index in [-0.39, 0.29) is 30.1 Å². The van der Waals surface area contributed by atoms with Crippen LogP contribution in [0.15, 0.2) is 42.7 Å². The van der Waals surface area contributed by atoms with Gasteiger partial charge in [0.1, 0.15) is 35.9 Å². The number of benzene rings is 1. The molecule has 1 amide bonds. The summed E-state index contributed by atoms with van der Waals surface area (Å²) in [6, 6.07) is 6.78. The number of carbonyl (C=O) groups is 1. The second-order valence-corrected chi connectivity index (χ2v) is 12.3. The van der Waals surface area contributed by atoms with Gasteiger partial charge in [0.15, 0.2) is 0 Å². The number of nitrogens with one attached hydrogen (secondary N) is 2. The van der Waals surface area contributed by atoms with Crippen LogP contribution in [-0.4, -0.2) is 105 Å². The Balaban J connectivity index is 0.00000124. The summed E-state index contributed by atoms with van der Waals surface area (Å²) in [4.78, 5) is 17.7. The van der Waals surface area contributed by atoms with Crippen LogP contribution < -0.4 is 10.6 Å². The molecule has 0 radical (unpaired) electrons. The molecule has 2 unspecified atom stereocenters. The lowest BCUT2D eigenvalue weighted by Crippen LogP contribution is -2.65. The number of pyridine rings is 1. The summed E-state index contributed by atoms with van der Waals surface area (Å²) in [6.07, 6.45) is 4.16. The van der Waals surface area contributed by atoms with Crippen LogP contribution >= 0.6 is 35.5 Å². The maximum Gasteiger partial charge on any atom is 0.240 e. The van der Waals surface area contributed by atoms with E-state index in [0.717, 1.165) is 22.8 Å². The normalized spacial score (nSPS) is 33.0. The molecule has 10 atom stereocenters. The van der Waals surface area contributed by atoms with E-state index < -0.39 is 47.3 Å². The second kappa shape index (κ2) is 14.8. The summed E-state index contributed by atoms with van der Waals surface area (Å²) in [7, 11) is 0. The largest absolute Gasteiger partial charge is 0.388 e. The molecule has 226 valence electrons. The molecule has 13 heteroatoms. The molecule has 3 aliphatic rings. The molecule has 3 aliphatic heterocycles. The molecule has 2 aromatic rings. The molecular formula is C28H37ClFN3O6S2. The van der Waals surface area contributed by atoms with Gasteiger partial charge in [-0.15, -0.1) is 23.4 Å². The van der Waals surface area contributed by atoms with Gasteiger partial charge in [0, 0.05) is 48.6 Å². The summed E-state index contributed by atoms with van der Waals surface area (Å²) < 4.78 is 22.3. The van der Waals surface area contributed by atoms with Crippen molar-refractivity contribution in [3.8, 4) is 0 Å². The zero-order valence-electron chi connectivity index (χ0n) is 23.0. The van der Waals surface area contributed by atoms with E-state index in [1.54, 1.807) is 19.4 Å². The zero-order valence-corrected chi connectivity index (χ0v) is 25.4. The number of amides is 1. The monoisotopic (exact) mass is 629 g/mol. The Bertz CT molecular complexity index is 1210. The van der Waals surface area contributed by atoms with Crippen molar-refractivity contribution in [1.29, 1.82) is 0 Å². The first-order valence-electron chi connectivity index (χ1n) is 13.4. The number of hydrogen-bond acceptors (Lipinski definition) is 10. The van der Waals surface area contributed by atoms with Crippen molar-refractivity contribution in [3.05, 3.63) is 48.3 Å². The average molecular weight is 630 g/mol. The number of ether oxygens (including phenoxy) is 2. The first-order valence-corrected chi connectivity index (χ1v) is 16.3. The Morgan fingerprint density at radius 1 is 1.22 bits per heavy atom. The number of nitrogens with zero attached hydrogens (tertiary/aromatic N) is 1. The van der Waals surface area contributed by atoms with Gasteiger partial charge in [-0.3, -0.25) is 9.78 Å². The van der Waals surface area contributed by atoms with Crippen molar-refractivity contribution < 1.29 is 33.5 Å². The molecule has 0 spiro atoms. The summed E-state index contributed by atoms with van der Waals surface area (Å²) in [5, 5.41) is 39.1. The molecule has 4 heterocycles. The Hall–Kier alpha value is -1.48. The first kappa shape index (κ1) is 32.4. The molecule has 1 aromatic heterocycles. The summed E-state index contributed by atoms with van der Waals surface area (Å²) in [5.41, 5.74) is 1.56. The number of alkyl halides is 1. The Morgan fingerprint density at radius 3 is 2.68 bits per heavy atom. The Labute approximate surface area is 252 Å². The van der Waals surface area contributed by atoms with Crippen molar-refractivity contribution >= 4 is 57.8 Å². The third-order valence-electron chi connectivity index (χ3n) is 7.80. The van der Waals surface area contributed by atoms with Gasteiger partial charge in [0.05, 0.1) is 24.1 Å². The number of halogens is 2. The highest BCUT2D eigenvalue weighted by molar-refractivity contribution is 7.99. The van der Waals surface area contributed by atoms with E-state index in [1.807, 2.05) is 24.4 Å². The number of aliphatic hydroxyl groups is 3. The van der Waals surface area contributed by atoms with Crippen molar-refractivity contribution in [3.63, 3.8) is 0 Å². The molecule has 41 heavy (non-hydrogen) atoms. The van der Waals surface area contributed by atoms with Crippen molar-refractivity contribution in [2.45, 2.75) is 66.8 Å². The second-order valence-electron chi connectivity index (χ2n) is 10.3. The lowest BCUT2D eigenvalue weighted by Gasteiger charge is -2.44. The number of aliphatic hydroxyl groups excluding tert-OH is 3. The summed E-state index contributed by atoms with van der Waals surface area (Å²) >= 11 is 7.91. The predicted octanol–water partition coefficient (Wildman–Crippen LogP) is 2.51. The molecule has 0 bridgehead atoms. The third kappa shape index (κ3) is 7.19. The molecule has 0 aliphatic carbocycles. The molecule has 1 aromatic carbocycles. The lowest BCUT2D eigenvalue weighted by atomic mass is 9.89. The quantitative estimate of drug-likeness (QED) is 0.304. The van der Waals surface area contributed by atoms with Crippen molar-refractivity contribution in [1.82, 2.24) is 15.6 Å². The SMILES string of the molecule is CSC1O[C@H]([C@H](NC(=O)[C@H]2NC[C@@H]3CC(c4cccc5cnccc45)=CCO[C@H]32)[C@H](C)Cl)C(O)[C@@H](O)[C@H]1O.CSF. The number of hydrogen-bond donors (Lipinski definition) is 5. The summed E-state index contributed by atoms with van der Waals surface area (Å²) in [5.74, 6) is -0.232. The van der Waals surface area contributed by atoms with Crippen LogP contribution in [-0.2, 0) is 14.3 Å². The van der Waals surface area contributed by atoms with E-state index in [2.05, 4.69) is 27.8 Å². The van der Waals surface area contributed by atoms with Crippen LogP contribution in [0.5, 0.6) is 0 Å². The first-order chi connectivity index (χ1) is 19.7. The maximum atomic E-state index is 13.5. The van der Waals surface area contributed by atoms with E-state index >= 15 is 0 Å². The van der Waals surface area contributed by atoms with Gasteiger partial charge in [-0.05, 0) is 42.2 Å². The van der Waals surface area contributed by atoms with Gasteiger partial charge >= 0.3 is 0 Å². The topological polar surface area (TPSA) is 133 Å². The molecule has 2 saturated heterocycles. The maximum absolute atomic E-state index is 13.5.